The SMILES string of the molecule is CN=C(NCc1cccc(OC)c1OC1CCCC1)NCC1(C(=O)N(C)C)CCCC1. The molecule has 0 unspecified atom stereocenters. The number of hydrogen-bond donors (Lipinski definition) is 2. The Hall–Kier alpha value is -2.44. The van der Waals surface area contributed by atoms with E-state index >= 15 is 0 Å². The molecule has 31 heavy (non-hydrogen) atoms. The molecular weight excluding hydrogens is 392 g/mol. The predicted molar refractivity (Wildman–Crippen MR) is 124 cm³/mol. The molecule has 2 aliphatic carbocycles. The Balaban J connectivity index is 1.64. The number of carbonyl (C=O) groups is 1. The van der Waals surface area contributed by atoms with E-state index in [1.165, 1.54) is 12.8 Å². The van der Waals surface area contributed by atoms with Gasteiger partial charge in [0.15, 0.2) is 17.5 Å². The largest absolute Gasteiger partial charge is 0.493 e. The first-order valence-corrected chi connectivity index (χ1v) is 11.5. The van der Waals surface area contributed by atoms with Crippen molar-refractivity contribution in [2.24, 2.45) is 10.4 Å². The summed E-state index contributed by atoms with van der Waals surface area (Å²) in [7, 11) is 7.11. The van der Waals surface area contributed by atoms with Gasteiger partial charge in [-0.05, 0) is 44.6 Å². The normalized spacial score (nSPS) is 18.6. The third kappa shape index (κ3) is 5.63. The number of para-hydroxylation sites is 1. The Labute approximate surface area is 186 Å². The van der Waals surface area contributed by atoms with Crippen molar-refractivity contribution in [3.63, 3.8) is 0 Å². The van der Waals surface area contributed by atoms with Crippen LogP contribution in [0.4, 0.5) is 0 Å². The van der Waals surface area contributed by atoms with Crippen molar-refractivity contribution in [1.29, 1.82) is 0 Å². The van der Waals surface area contributed by atoms with Crippen LogP contribution in [0.2, 0.25) is 0 Å². The molecule has 0 radical (unpaired) electrons. The van der Waals surface area contributed by atoms with Crippen LogP contribution in [0, 0.1) is 5.41 Å². The molecule has 0 aliphatic heterocycles. The second kappa shape index (κ2) is 10.7. The van der Waals surface area contributed by atoms with E-state index in [2.05, 4.69) is 21.7 Å². The molecule has 2 saturated carbocycles. The zero-order valence-electron chi connectivity index (χ0n) is 19.5. The minimum Gasteiger partial charge on any atom is -0.493 e. The maximum atomic E-state index is 12.8. The van der Waals surface area contributed by atoms with Gasteiger partial charge in [0.05, 0.1) is 18.6 Å². The number of methoxy groups -OCH3 is 1. The van der Waals surface area contributed by atoms with Crippen LogP contribution in [0.5, 0.6) is 11.5 Å². The molecule has 1 aromatic rings. The lowest BCUT2D eigenvalue weighted by atomic mass is 9.84. The monoisotopic (exact) mass is 430 g/mol. The van der Waals surface area contributed by atoms with Crippen LogP contribution in [-0.2, 0) is 11.3 Å². The van der Waals surface area contributed by atoms with E-state index in [1.54, 1.807) is 19.1 Å². The molecule has 0 spiro atoms. The molecule has 1 aromatic carbocycles. The van der Waals surface area contributed by atoms with Crippen LogP contribution in [0.25, 0.3) is 0 Å². The van der Waals surface area contributed by atoms with Gasteiger partial charge in [-0.15, -0.1) is 0 Å². The zero-order chi connectivity index (χ0) is 22.3. The summed E-state index contributed by atoms with van der Waals surface area (Å²) < 4.78 is 11.9. The highest BCUT2D eigenvalue weighted by molar-refractivity contribution is 5.85. The van der Waals surface area contributed by atoms with Crippen molar-refractivity contribution in [2.75, 3.05) is 34.8 Å². The summed E-state index contributed by atoms with van der Waals surface area (Å²) in [5, 5.41) is 6.79. The van der Waals surface area contributed by atoms with E-state index < -0.39 is 0 Å². The van der Waals surface area contributed by atoms with Gasteiger partial charge in [-0.1, -0.05) is 25.0 Å². The lowest BCUT2D eigenvalue weighted by molar-refractivity contribution is -0.138. The van der Waals surface area contributed by atoms with Crippen LogP contribution in [0.1, 0.15) is 56.9 Å². The number of amides is 1. The number of rotatable bonds is 8. The topological polar surface area (TPSA) is 75.2 Å². The Morgan fingerprint density at radius 3 is 2.48 bits per heavy atom. The molecule has 0 heterocycles. The summed E-state index contributed by atoms with van der Waals surface area (Å²) in [6.45, 7) is 1.15. The van der Waals surface area contributed by atoms with Gasteiger partial charge in [-0.25, -0.2) is 0 Å². The second-order valence-electron chi connectivity index (χ2n) is 8.94. The van der Waals surface area contributed by atoms with E-state index in [9.17, 15) is 4.79 Å². The molecule has 7 nitrogen and oxygen atoms in total. The van der Waals surface area contributed by atoms with Crippen LogP contribution < -0.4 is 20.1 Å². The summed E-state index contributed by atoms with van der Waals surface area (Å²) in [5.74, 6) is 2.46. The molecule has 2 fully saturated rings. The maximum Gasteiger partial charge on any atom is 0.230 e. The number of nitrogens with one attached hydrogen (secondary N) is 2. The van der Waals surface area contributed by atoms with Gasteiger partial charge < -0.3 is 25.0 Å². The van der Waals surface area contributed by atoms with Gasteiger partial charge in [-0.2, -0.15) is 0 Å². The number of carbonyl (C=O) groups excluding carboxylic acids is 1. The number of ether oxygens (including phenoxy) is 2. The van der Waals surface area contributed by atoms with Gasteiger partial charge in [-0.3, -0.25) is 9.79 Å². The smallest absolute Gasteiger partial charge is 0.230 e. The molecule has 0 saturated heterocycles. The molecule has 2 N–H and O–H groups in total. The van der Waals surface area contributed by atoms with Crippen LogP contribution >= 0.6 is 0 Å². The van der Waals surface area contributed by atoms with Gasteiger partial charge >= 0.3 is 0 Å². The molecule has 3 rings (SSSR count). The van der Waals surface area contributed by atoms with Crippen molar-refractivity contribution in [1.82, 2.24) is 15.5 Å². The lowest BCUT2D eigenvalue weighted by Crippen LogP contribution is -2.49. The summed E-state index contributed by atoms with van der Waals surface area (Å²) >= 11 is 0. The first-order chi connectivity index (χ1) is 15.0. The highest BCUT2D eigenvalue weighted by atomic mass is 16.5. The molecular formula is C24H38N4O3. The minimum absolute atomic E-state index is 0.202. The highest BCUT2D eigenvalue weighted by Crippen LogP contribution is 2.39. The van der Waals surface area contributed by atoms with Crippen molar-refractivity contribution in [2.45, 2.75) is 64.0 Å². The molecule has 7 heteroatoms. The van der Waals surface area contributed by atoms with Crippen molar-refractivity contribution < 1.29 is 14.3 Å². The van der Waals surface area contributed by atoms with Crippen LogP contribution in [0.3, 0.4) is 0 Å². The van der Waals surface area contributed by atoms with Crippen LogP contribution in [0.15, 0.2) is 23.2 Å². The third-order valence-electron chi connectivity index (χ3n) is 6.55. The fourth-order valence-electron chi connectivity index (χ4n) is 4.81. The van der Waals surface area contributed by atoms with Gasteiger partial charge in [0.25, 0.3) is 0 Å². The fourth-order valence-corrected chi connectivity index (χ4v) is 4.81. The molecule has 172 valence electrons. The molecule has 0 aromatic heterocycles. The van der Waals surface area contributed by atoms with E-state index in [4.69, 9.17) is 9.47 Å². The molecule has 0 atom stereocenters. The Kier molecular flexibility index (Phi) is 8.04. The summed E-state index contributed by atoms with van der Waals surface area (Å²) in [6.07, 6.45) is 8.91. The highest BCUT2D eigenvalue weighted by Gasteiger charge is 2.42. The number of benzene rings is 1. The standard InChI is InChI=1S/C24H38N4O3/c1-25-23(27-17-24(14-7-8-15-24)22(29)28(2)3)26-16-18-10-9-13-20(30-4)21(18)31-19-11-5-6-12-19/h9-10,13,19H,5-8,11-12,14-17H2,1-4H3,(H2,25,26,27). The second-order valence-corrected chi connectivity index (χ2v) is 8.94. The summed E-state index contributed by atoms with van der Waals surface area (Å²) in [4.78, 5) is 18.9. The Morgan fingerprint density at radius 2 is 1.87 bits per heavy atom. The summed E-state index contributed by atoms with van der Waals surface area (Å²) in [5.41, 5.74) is 0.697. The molecule has 2 aliphatic rings. The first kappa shape index (κ1) is 23.2. The van der Waals surface area contributed by atoms with Crippen molar-refractivity contribution in [3.05, 3.63) is 23.8 Å². The molecule has 1 amide bonds. The molecule has 0 bridgehead atoms. The third-order valence-corrected chi connectivity index (χ3v) is 6.55. The summed E-state index contributed by atoms with van der Waals surface area (Å²) in [6, 6.07) is 5.98. The zero-order valence-corrected chi connectivity index (χ0v) is 19.5. The number of guanidine groups is 1. The van der Waals surface area contributed by atoms with E-state index in [0.29, 0.717) is 19.0 Å². The van der Waals surface area contributed by atoms with E-state index in [-0.39, 0.29) is 17.4 Å². The maximum absolute atomic E-state index is 12.8. The minimum atomic E-state index is -0.339. The van der Waals surface area contributed by atoms with Crippen molar-refractivity contribution >= 4 is 11.9 Å². The quantitative estimate of drug-likeness (QED) is 0.489. The van der Waals surface area contributed by atoms with E-state index in [1.807, 2.05) is 26.2 Å². The number of nitrogens with zero attached hydrogens (tertiary/aromatic N) is 2. The average molecular weight is 431 g/mol. The number of aliphatic imine (C=N–C) groups is 1. The van der Waals surface area contributed by atoms with Gasteiger partial charge in [0.1, 0.15) is 0 Å². The average Bonchev–Trinajstić information content (AvgIpc) is 3.47. The first-order valence-electron chi connectivity index (χ1n) is 11.5. The van der Waals surface area contributed by atoms with Crippen molar-refractivity contribution in [3.8, 4) is 11.5 Å². The van der Waals surface area contributed by atoms with E-state index in [0.717, 1.165) is 55.6 Å². The fraction of sp³-hybridized carbons (Fsp3) is 0.667. The Morgan fingerprint density at radius 1 is 1.16 bits per heavy atom. The van der Waals surface area contributed by atoms with Crippen LogP contribution in [-0.4, -0.2) is 57.7 Å². The van der Waals surface area contributed by atoms with Gasteiger partial charge in [0, 0.05) is 39.8 Å². The predicted octanol–water partition coefficient (Wildman–Crippen LogP) is 3.33. The lowest BCUT2D eigenvalue weighted by Gasteiger charge is -2.31. The number of hydrogen-bond acceptors (Lipinski definition) is 4. The van der Waals surface area contributed by atoms with Gasteiger partial charge in [0.2, 0.25) is 5.91 Å². The Bertz CT molecular complexity index is 766.